The zero-order valence-electron chi connectivity index (χ0n) is 14.0. The molecular formula is C18H15F2N3O3S. The third kappa shape index (κ3) is 4.82. The van der Waals surface area contributed by atoms with Gasteiger partial charge in [-0.1, -0.05) is 0 Å². The van der Waals surface area contributed by atoms with Gasteiger partial charge in [-0.15, -0.1) is 11.8 Å². The lowest BCUT2D eigenvalue weighted by molar-refractivity contribution is -0.116. The van der Waals surface area contributed by atoms with Gasteiger partial charge in [-0.2, -0.15) is 0 Å². The van der Waals surface area contributed by atoms with Gasteiger partial charge in [0, 0.05) is 34.4 Å². The average Bonchev–Trinajstić information content (AvgIpc) is 2.82. The van der Waals surface area contributed by atoms with Crippen LogP contribution in [0.2, 0.25) is 0 Å². The quantitative estimate of drug-likeness (QED) is 0.748. The van der Waals surface area contributed by atoms with E-state index in [0.717, 1.165) is 17.0 Å². The average molecular weight is 391 g/mol. The van der Waals surface area contributed by atoms with E-state index in [0.29, 0.717) is 17.9 Å². The van der Waals surface area contributed by atoms with Gasteiger partial charge in [-0.25, -0.2) is 8.78 Å². The van der Waals surface area contributed by atoms with Crippen molar-refractivity contribution in [3.05, 3.63) is 53.6 Å². The van der Waals surface area contributed by atoms with Gasteiger partial charge < -0.3 is 16.0 Å². The minimum absolute atomic E-state index is 0.0814. The molecule has 0 fully saturated rings. The van der Waals surface area contributed by atoms with Crippen LogP contribution in [0.25, 0.3) is 0 Å². The molecule has 0 unspecified atom stereocenters. The fourth-order valence-corrected chi connectivity index (χ4v) is 3.34. The van der Waals surface area contributed by atoms with E-state index in [-0.39, 0.29) is 23.7 Å². The summed E-state index contributed by atoms with van der Waals surface area (Å²) >= 11 is 1.52. The Bertz CT molecular complexity index is 921. The van der Waals surface area contributed by atoms with Crippen LogP contribution in [0.5, 0.6) is 0 Å². The highest BCUT2D eigenvalue weighted by Crippen LogP contribution is 2.31. The molecule has 0 aromatic heterocycles. The number of carbonyl (C=O) groups is 3. The molecule has 1 aliphatic rings. The first kappa shape index (κ1) is 18.8. The second-order valence-electron chi connectivity index (χ2n) is 5.72. The highest BCUT2D eigenvalue weighted by Gasteiger charge is 2.16. The summed E-state index contributed by atoms with van der Waals surface area (Å²) in [5.41, 5.74) is 0.927. The second-order valence-corrected chi connectivity index (χ2v) is 6.85. The molecule has 140 valence electrons. The standard InChI is InChI=1S/C18H15F2N3O3S/c19-12-3-2-11(8-13(12)20)22-17(25)9-21-18(26)10-1-4-15-14(7-10)23-16(24)5-6-27-15/h1-4,7-8H,5-6,9H2,(H,21,26)(H,22,25)(H,23,24). The fraction of sp³-hybridized carbons (Fsp3) is 0.167. The predicted molar refractivity (Wildman–Crippen MR) is 97.7 cm³/mol. The third-order valence-electron chi connectivity index (χ3n) is 3.72. The van der Waals surface area contributed by atoms with Crippen LogP contribution < -0.4 is 16.0 Å². The van der Waals surface area contributed by atoms with Crippen LogP contribution in [0.4, 0.5) is 20.2 Å². The van der Waals surface area contributed by atoms with Gasteiger partial charge in [0.05, 0.1) is 12.2 Å². The molecule has 3 N–H and O–H groups in total. The van der Waals surface area contributed by atoms with E-state index in [9.17, 15) is 23.2 Å². The second kappa shape index (κ2) is 8.17. The van der Waals surface area contributed by atoms with Crippen LogP contribution in [0.15, 0.2) is 41.3 Å². The Hall–Kier alpha value is -2.94. The van der Waals surface area contributed by atoms with Gasteiger partial charge in [-0.05, 0) is 30.3 Å². The Balaban J connectivity index is 1.59. The number of nitrogens with one attached hydrogen (secondary N) is 3. The molecule has 0 saturated carbocycles. The van der Waals surface area contributed by atoms with Crippen molar-refractivity contribution >= 4 is 40.9 Å². The number of anilines is 2. The molecule has 0 saturated heterocycles. The zero-order chi connectivity index (χ0) is 19.4. The minimum atomic E-state index is -1.08. The van der Waals surface area contributed by atoms with Crippen molar-refractivity contribution in [2.24, 2.45) is 0 Å². The van der Waals surface area contributed by atoms with E-state index in [1.54, 1.807) is 18.2 Å². The molecule has 6 nitrogen and oxygen atoms in total. The molecule has 27 heavy (non-hydrogen) atoms. The number of hydrogen-bond donors (Lipinski definition) is 3. The largest absolute Gasteiger partial charge is 0.343 e. The topological polar surface area (TPSA) is 87.3 Å². The van der Waals surface area contributed by atoms with Gasteiger partial charge in [0.15, 0.2) is 11.6 Å². The summed E-state index contributed by atoms with van der Waals surface area (Å²) < 4.78 is 26.0. The van der Waals surface area contributed by atoms with E-state index in [1.807, 2.05) is 0 Å². The van der Waals surface area contributed by atoms with Crippen LogP contribution in [0, 0.1) is 11.6 Å². The number of thioether (sulfide) groups is 1. The number of rotatable bonds is 4. The molecule has 1 aliphatic heterocycles. The number of benzene rings is 2. The normalized spacial score (nSPS) is 13.2. The van der Waals surface area contributed by atoms with Crippen LogP contribution >= 0.6 is 11.8 Å². The Morgan fingerprint density at radius 2 is 1.93 bits per heavy atom. The van der Waals surface area contributed by atoms with Crippen molar-refractivity contribution in [2.45, 2.75) is 11.3 Å². The third-order valence-corrected chi connectivity index (χ3v) is 4.79. The first-order valence-electron chi connectivity index (χ1n) is 8.02. The first-order chi connectivity index (χ1) is 12.9. The summed E-state index contributed by atoms with van der Waals surface area (Å²) in [5, 5.41) is 7.54. The maximum absolute atomic E-state index is 13.1. The van der Waals surface area contributed by atoms with Gasteiger partial charge in [0.25, 0.3) is 5.91 Å². The molecule has 0 bridgehead atoms. The summed E-state index contributed by atoms with van der Waals surface area (Å²) in [5.74, 6) is -2.65. The van der Waals surface area contributed by atoms with E-state index < -0.39 is 23.4 Å². The molecule has 0 aliphatic carbocycles. The molecule has 2 aromatic carbocycles. The number of amides is 3. The van der Waals surface area contributed by atoms with Crippen molar-refractivity contribution < 1.29 is 23.2 Å². The van der Waals surface area contributed by atoms with E-state index in [1.165, 1.54) is 17.8 Å². The lowest BCUT2D eigenvalue weighted by Crippen LogP contribution is -2.32. The summed E-state index contributed by atoms with van der Waals surface area (Å²) in [6, 6.07) is 7.85. The smallest absolute Gasteiger partial charge is 0.251 e. The summed E-state index contributed by atoms with van der Waals surface area (Å²) in [7, 11) is 0. The van der Waals surface area contributed by atoms with Crippen molar-refractivity contribution in [1.82, 2.24) is 5.32 Å². The molecule has 0 atom stereocenters. The monoisotopic (exact) mass is 391 g/mol. The summed E-state index contributed by atoms with van der Waals surface area (Å²) in [6.45, 7) is -0.351. The van der Waals surface area contributed by atoms with Gasteiger partial charge in [0.1, 0.15) is 0 Å². The number of hydrogen-bond acceptors (Lipinski definition) is 4. The highest BCUT2D eigenvalue weighted by atomic mass is 32.2. The first-order valence-corrected chi connectivity index (χ1v) is 9.01. The van der Waals surface area contributed by atoms with Crippen LogP contribution in [-0.4, -0.2) is 30.0 Å². The van der Waals surface area contributed by atoms with Gasteiger partial charge >= 0.3 is 0 Å². The van der Waals surface area contributed by atoms with Crippen LogP contribution in [-0.2, 0) is 9.59 Å². The maximum Gasteiger partial charge on any atom is 0.251 e. The molecular weight excluding hydrogens is 376 g/mol. The Morgan fingerprint density at radius 1 is 1.11 bits per heavy atom. The van der Waals surface area contributed by atoms with E-state index in [4.69, 9.17) is 0 Å². The highest BCUT2D eigenvalue weighted by molar-refractivity contribution is 7.99. The minimum Gasteiger partial charge on any atom is -0.343 e. The van der Waals surface area contributed by atoms with Crippen LogP contribution in [0.1, 0.15) is 16.8 Å². The van der Waals surface area contributed by atoms with Gasteiger partial charge in [-0.3, -0.25) is 14.4 Å². The maximum atomic E-state index is 13.1. The van der Waals surface area contributed by atoms with Crippen LogP contribution in [0.3, 0.4) is 0 Å². The lowest BCUT2D eigenvalue weighted by Gasteiger charge is -2.10. The van der Waals surface area contributed by atoms with Crippen molar-refractivity contribution in [1.29, 1.82) is 0 Å². The number of carbonyl (C=O) groups excluding carboxylic acids is 3. The number of halogens is 2. The molecule has 1 heterocycles. The van der Waals surface area contributed by atoms with Crippen molar-refractivity contribution in [3.63, 3.8) is 0 Å². The SMILES string of the molecule is O=C(CNC(=O)c1ccc2c(c1)NC(=O)CCS2)Nc1ccc(F)c(F)c1. The summed E-state index contributed by atoms with van der Waals surface area (Å²) in [6.07, 6.45) is 0.394. The van der Waals surface area contributed by atoms with E-state index >= 15 is 0 Å². The van der Waals surface area contributed by atoms with E-state index in [2.05, 4.69) is 16.0 Å². The summed E-state index contributed by atoms with van der Waals surface area (Å²) in [4.78, 5) is 36.6. The molecule has 3 rings (SSSR count). The number of fused-ring (bicyclic) bond motifs is 1. The molecule has 2 aromatic rings. The molecule has 9 heteroatoms. The fourth-order valence-electron chi connectivity index (χ4n) is 2.40. The Kier molecular flexibility index (Phi) is 5.70. The molecule has 3 amide bonds. The van der Waals surface area contributed by atoms with Crippen molar-refractivity contribution in [2.75, 3.05) is 22.9 Å². The zero-order valence-corrected chi connectivity index (χ0v) is 14.8. The van der Waals surface area contributed by atoms with Crippen molar-refractivity contribution in [3.8, 4) is 0 Å². The molecule has 0 spiro atoms. The molecule has 0 radical (unpaired) electrons. The predicted octanol–water partition coefficient (Wildman–Crippen LogP) is 2.77. The Labute approximate surface area is 157 Å². The Morgan fingerprint density at radius 3 is 2.70 bits per heavy atom. The lowest BCUT2D eigenvalue weighted by atomic mass is 10.2. The van der Waals surface area contributed by atoms with Gasteiger partial charge in [0.2, 0.25) is 11.8 Å².